The highest BCUT2D eigenvalue weighted by molar-refractivity contribution is 6.31. The van der Waals surface area contributed by atoms with Crippen LogP contribution in [0.5, 0.6) is 5.75 Å². The summed E-state index contributed by atoms with van der Waals surface area (Å²) >= 11 is 6.50. The van der Waals surface area contributed by atoms with E-state index < -0.39 is 66.7 Å². The third kappa shape index (κ3) is 11.7. The molecule has 0 amide bonds. The Bertz CT molecular complexity index is 1450. The van der Waals surface area contributed by atoms with Crippen LogP contribution in [0.2, 0.25) is 5.02 Å². The number of esters is 5. The largest absolute Gasteiger partial charge is 0.488 e. The first-order valence-corrected chi connectivity index (χ1v) is 15.1. The predicted molar refractivity (Wildman–Crippen MR) is 164 cm³/mol. The molecule has 254 valence electrons. The fourth-order valence-electron chi connectivity index (χ4n) is 4.83. The number of hydrogen-bond acceptors (Lipinski definition) is 13. The summed E-state index contributed by atoms with van der Waals surface area (Å²) in [6, 6.07) is 11.7. The van der Waals surface area contributed by atoms with Gasteiger partial charge < -0.3 is 33.2 Å². The van der Waals surface area contributed by atoms with Crippen LogP contribution < -0.4 is 4.74 Å². The Balaban J connectivity index is 1.98. The minimum Gasteiger partial charge on any atom is -0.488 e. The van der Waals surface area contributed by atoms with Gasteiger partial charge in [0.1, 0.15) is 18.5 Å². The molecule has 0 aromatic heterocycles. The molecule has 0 aliphatic carbocycles. The molecule has 1 heterocycles. The van der Waals surface area contributed by atoms with Gasteiger partial charge in [0.15, 0.2) is 18.3 Å². The van der Waals surface area contributed by atoms with Crippen molar-refractivity contribution in [1.82, 2.24) is 0 Å². The number of carbonyl (C=O) groups is 6. The van der Waals surface area contributed by atoms with Crippen molar-refractivity contribution in [1.29, 1.82) is 0 Å². The molecule has 0 spiro atoms. The smallest absolute Gasteiger partial charge is 0.303 e. The first-order valence-electron chi connectivity index (χ1n) is 14.7. The second-order valence-corrected chi connectivity index (χ2v) is 11.1. The molecule has 0 unspecified atom stereocenters. The highest BCUT2D eigenvalue weighted by Gasteiger charge is 2.47. The number of benzene rings is 2. The summed E-state index contributed by atoms with van der Waals surface area (Å²) in [5.41, 5.74) is 1.41. The van der Waals surface area contributed by atoms with E-state index in [1.54, 1.807) is 0 Å². The van der Waals surface area contributed by atoms with Gasteiger partial charge in [-0.3, -0.25) is 28.8 Å². The summed E-state index contributed by atoms with van der Waals surface area (Å²) in [6.45, 7) is 5.73. The lowest BCUT2D eigenvalue weighted by molar-refractivity contribution is -0.199. The molecule has 2 aromatic carbocycles. The zero-order chi connectivity index (χ0) is 34.7. The molecular formula is C33H37ClO13. The molecule has 14 heteroatoms. The summed E-state index contributed by atoms with van der Waals surface area (Å²) in [6.07, 6.45) is -5.95. The standard InChI is InChI=1S/C33H37ClO13/c1-18(35)42-17-29(43-19(2)36)31(44-20(3)37)33(46-22(5)39)32(45-21(4)38)30(40)24-8-11-28(34)25(15-24)14-23-6-9-26(10-7-23)47-27-12-13-41-16-27/h6-11,15,27,29,31-33H,12-14,16-17H2,1-5H3/t27-,29-,31-,32+,33+/m1/s1. The number of rotatable bonds is 15. The van der Waals surface area contributed by atoms with Crippen LogP contribution >= 0.6 is 11.6 Å². The summed E-state index contributed by atoms with van der Waals surface area (Å²) in [7, 11) is 0. The van der Waals surface area contributed by atoms with E-state index in [-0.39, 0.29) is 11.7 Å². The minimum absolute atomic E-state index is 0.00891. The van der Waals surface area contributed by atoms with Crippen LogP contribution in [0.3, 0.4) is 0 Å². The molecule has 2 aromatic rings. The second kappa shape index (κ2) is 17.4. The van der Waals surface area contributed by atoms with Crippen molar-refractivity contribution in [3.05, 3.63) is 64.2 Å². The second-order valence-electron chi connectivity index (χ2n) is 10.7. The van der Waals surface area contributed by atoms with Crippen molar-refractivity contribution >= 4 is 47.2 Å². The highest BCUT2D eigenvalue weighted by atomic mass is 35.5. The number of Topliss-reactive ketones (excluding diaryl/α,β-unsaturated/α-hetero) is 1. The van der Waals surface area contributed by atoms with E-state index in [9.17, 15) is 28.8 Å². The molecule has 1 fully saturated rings. The van der Waals surface area contributed by atoms with Crippen molar-refractivity contribution in [2.24, 2.45) is 0 Å². The van der Waals surface area contributed by atoms with Gasteiger partial charge in [0, 0.05) is 51.6 Å². The zero-order valence-corrected chi connectivity index (χ0v) is 27.4. The van der Waals surface area contributed by atoms with E-state index in [1.807, 2.05) is 24.3 Å². The fourth-order valence-corrected chi connectivity index (χ4v) is 5.01. The van der Waals surface area contributed by atoms with Crippen molar-refractivity contribution in [3.8, 4) is 5.75 Å². The van der Waals surface area contributed by atoms with Crippen LogP contribution in [-0.4, -0.2) is 86.0 Å². The van der Waals surface area contributed by atoms with Crippen LogP contribution in [-0.2, 0) is 58.8 Å². The molecule has 1 aliphatic heterocycles. The van der Waals surface area contributed by atoms with E-state index in [2.05, 4.69) is 0 Å². The lowest BCUT2D eigenvalue weighted by Gasteiger charge is -2.34. The van der Waals surface area contributed by atoms with Crippen LogP contribution in [0.25, 0.3) is 0 Å². The maximum atomic E-state index is 14.1. The molecular weight excluding hydrogens is 640 g/mol. The molecule has 0 saturated carbocycles. The predicted octanol–water partition coefficient (Wildman–Crippen LogP) is 3.57. The molecule has 13 nitrogen and oxygen atoms in total. The van der Waals surface area contributed by atoms with Gasteiger partial charge in [-0.05, 0) is 47.9 Å². The van der Waals surface area contributed by atoms with Gasteiger partial charge in [-0.15, -0.1) is 0 Å². The van der Waals surface area contributed by atoms with E-state index in [4.69, 9.17) is 44.8 Å². The molecule has 0 radical (unpaired) electrons. The van der Waals surface area contributed by atoms with E-state index >= 15 is 0 Å². The van der Waals surface area contributed by atoms with Crippen molar-refractivity contribution in [2.45, 2.75) is 78.0 Å². The summed E-state index contributed by atoms with van der Waals surface area (Å²) in [5, 5.41) is 0.347. The Morgan fingerprint density at radius 2 is 1.40 bits per heavy atom. The van der Waals surface area contributed by atoms with Gasteiger partial charge in [0.05, 0.1) is 13.2 Å². The van der Waals surface area contributed by atoms with E-state index in [0.717, 1.165) is 46.6 Å². The summed E-state index contributed by atoms with van der Waals surface area (Å²) < 4.78 is 37.6. The normalized spacial score (nSPS) is 16.5. The molecule has 1 aliphatic rings. The quantitative estimate of drug-likeness (QED) is 0.153. The van der Waals surface area contributed by atoms with Gasteiger partial charge in [-0.2, -0.15) is 0 Å². The van der Waals surface area contributed by atoms with Crippen molar-refractivity contribution in [3.63, 3.8) is 0 Å². The van der Waals surface area contributed by atoms with Crippen LogP contribution in [0.4, 0.5) is 0 Å². The van der Waals surface area contributed by atoms with Gasteiger partial charge in [0.2, 0.25) is 11.9 Å². The lowest BCUT2D eigenvalue weighted by Crippen LogP contribution is -2.55. The molecule has 0 bridgehead atoms. The minimum atomic E-state index is -1.90. The van der Waals surface area contributed by atoms with Gasteiger partial charge in [-0.25, -0.2) is 0 Å². The number of ketones is 1. The average molecular weight is 677 g/mol. The van der Waals surface area contributed by atoms with Crippen LogP contribution in [0.15, 0.2) is 42.5 Å². The lowest BCUT2D eigenvalue weighted by atomic mass is 9.93. The van der Waals surface area contributed by atoms with Gasteiger partial charge in [-0.1, -0.05) is 23.7 Å². The monoisotopic (exact) mass is 676 g/mol. The average Bonchev–Trinajstić information content (AvgIpc) is 3.50. The van der Waals surface area contributed by atoms with Crippen LogP contribution in [0, 0.1) is 0 Å². The molecule has 3 rings (SSSR count). The Morgan fingerprint density at radius 3 is 1.96 bits per heavy atom. The Labute approximate surface area is 276 Å². The number of carbonyl (C=O) groups excluding carboxylic acids is 6. The molecule has 5 atom stereocenters. The van der Waals surface area contributed by atoms with Crippen molar-refractivity contribution < 1.29 is 61.9 Å². The van der Waals surface area contributed by atoms with Crippen molar-refractivity contribution in [2.75, 3.05) is 19.8 Å². The Kier molecular flexibility index (Phi) is 13.7. The summed E-state index contributed by atoms with van der Waals surface area (Å²) in [5.74, 6) is -4.61. The molecule has 47 heavy (non-hydrogen) atoms. The summed E-state index contributed by atoms with van der Waals surface area (Å²) in [4.78, 5) is 74.3. The zero-order valence-electron chi connectivity index (χ0n) is 26.6. The van der Waals surface area contributed by atoms with Gasteiger partial charge >= 0.3 is 29.8 Å². The maximum absolute atomic E-state index is 14.1. The first-order chi connectivity index (χ1) is 22.2. The molecule has 1 saturated heterocycles. The third-order valence-electron chi connectivity index (χ3n) is 6.75. The number of hydrogen-bond donors (Lipinski definition) is 0. The van der Waals surface area contributed by atoms with E-state index in [1.165, 1.54) is 18.2 Å². The maximum Gasteiger partial charge on any atom is 0.303 e. The highest BCUT2D eigenvalue weighted by Crippen LogP contribution is 2.27. The molecule has 0 N–H and O–H groups in total. The van der Waals surface area contributed by atoms with Crippen LogP contribution in [0.1, 0.15) is 62.5 Å². The number of halogens is 1. The topological polar surface area (TPSA) is 167 Å². The SMILES string of the molecule is CC(=O)OC[C@@H](OC(C)=O)[C@@H](OC(C)=O)[C@H](OC(C)=O)[C@@H](OC(C)=O)C(=O)c1ccc(Cl)c(Cc2ccc(O[C@@H]3CCOC3)cc2)c1. The van der Waals surface area contributed by atoms with Gasteiger partial charge in [0.25, 0.3) is 0 Å². The van der Waals surface area contributed by atoms with E-state index in [0.29, 0.717) is 36.0 Å². The Hall–Kier alpha value is -4.49. The first kappa shape index (κ1) is 37.0. The third-order valence-corrected chi connectivity index (χ3v) is 7.12. The Morgan fingerprint density at radius 1 is 0.787 bits per heavy atom. The fraction of sp³-hybridized carbons (Fsp3) is 0.455. The number of ether oxygens (including phenoxy) is 7.